The summed E-state index contributed by atoms with van der Waals surface area (Å²) in [7, 11) is 3.44. The zero-order chi connectivity index (χ0) is 24.6. The Kier molecular flexibility index (Phi) is 4.39. The van der Waals surface area contributed by atoms with Crippen molar-refractivity contribution in [3.63, 3.8) is 0 Å². The smallest absolute Gasteiger partial charge is 0.326 e. The second kappa shape index (κ2) is 7.55. The molecular formula is C23H22FN11O. The van der Waals surface area contributed by atoms with Crippen LogP contribution in [0.1, 0.15) is 0 Å². The molecule has 7 rings (SSSR count). The Hall–Kier alpha value is -4.39. The molecule has 2 fully saturated rings. The number of rotatable bonds is 5. The van der Waals surface area contributed by atoms with E-state index in [9.17, 15) is 4.39 Å². The number of fused-ring (bicyclic) bond motifs is 4. The van der Waals surface area contributed by atoms with Gasteiger partial charge < -0.3 is 25.7 Å². The number of halogens is 1. The molecule has 2 atom stereocenters. The van der Waals surface area contributed by atoms with E-state index in [2.05, 4.69) is 40.6 Å². The van der Waals surface area contributed by atoms with Crippen molar-refractivity contribution in [1.29, 1.82) is 0 Å². The maximum atomic E-state index is 14.5. The Morgan fingerprint density at radius 1 is 1.17 bits per heavy atom. The van der Waals surface area contributed by atoms with Gasteiger partial charge in [-0.2, -0.15) is 14.8 Å². The number of nitrogens with one attached hydrogen (secondary N) is 2. The number of aryl methyl sites for hydroxylation is 1. The van der Waals surface area contributed by atoms with E-state index in [1.165, 1.54) is 16.9 Å². The van der Waals surface area contributed by atoms with Crippen LogP contribution >= 0.6 is 0 Å². The summed E-state index contributed by atoms with van der Waals surface area (Å²) in [4.78, 5) is 20.5. The fraction of sp³-hybridized carbons (Fsp3) is 0.304. The van der Waals surface area contributed by atoms with Crippen LogP contribution in [0.3, 0.4) is 0 Å². The summed E-state index contributed by atoms with van der Waals surface area (Å²) in [5.41, 5.74) is 8.76. The minimum Gasteiger partial charge on any atom is -0.423 e. The molecule has 36 heavy (non-hydrogen) atoms. The molecule has 1 aromatic carbocycles. The van der Waals surface area contributed by atoms with Gasteiger partial charge in [-0.25, -0.2) is 4.39 Å². The quantitative estimate of drug-likeness (QED) is 0.336. The molecule has 1 aliphatic heterocycles. The zero-order valence-electron chi connectivity index (χ0n) is 19.5. The largest absolute Gasteiger partial charge is 0.423 e. The van der Waals surface area contributed by atoms with Gasteiger partial charge in [-0.3, -0.25) is 4.98 Å². The van der Waals surface area contributed by atoms with Crippen LogP contribution in [0.25, 0.3) is 33.3 Å². The first-order valence-corrected chi connectivity index (χ1v) is 11.6. The Balaban J connectivity index is 1.34. The minimum atomic E-state index is -0.342. The molecule has 2 unspecified atom stereocenters. The van der Waals surface area contributed by atoms with Crippen molar-refractivity contribution >= 4 is 33.4 Å². The van der Waals surface area contributed by atoms with Crippen molar-refractivity contribution in [2.24, 2.45) is 24.6 Å². The van der Waals surface area contributed by atoms with Crippen LogP contribution in [0.4, 0.5) is 15.9 Å². The number of piperidine rings is 1. The third kappa shape index (κ3) is 3.23. The van der Waals surface area contributed by atoms with Gasteiger partial charge in [0.25, 0.3) is 0 Å². The number of H-pyrrole nitrogens is 1. The number of anilines is 2. The van der Waals surface area contributed by atoms with Crippen LogP contribution in [0.15, 0.2) is 30.6 Å². The summed E-state index contributed by atoms with van der Waals surface area (Å²) < 4.78 is 20.6. The molecule has 5 heterocycles. The average Bonchev–Trinajstić information content (AvgIpc) is 3.33. The normalized spacial score (nSPS) is 20.8. The number of nitrogens with zero attached hydrogens (tertiary/aromatic N) is 8. The minimum absolute atomic E-state index is 0.145. The summed E-state index contributed by atoms with van der Waals surface area (Å²) in [5.74, 6) is 2.08. The lowest BCUT2D eigenvalue weighted by atomic mass is 10.1. The Morgan fingerprint density at radius 2 is 2.00 bits per heavy atom. The molecule has 4 N–H and O–H groups in total. The van der Waals surface area contributed by atoms with Gasteiger partial charge in [0.05, 0.1) is 29.8 Å². The van der Waals surface area contributed by atoms with E-state index in [1.807, 2.05) is 0 Å². The van der Waals surface area contributed by atoms with E-state index in [1.54, 1.807) is 32.6 Å². The predicted octanol–water partition coefficient (Wildman–Crippen LogP) is 2.06. The number of benzene rings is 1. The molecule has 182 valence electrons. The monoisotopic (exact) mass is 487 g/mol. The van der Waals surface area contributed by atoms with Gasteiger partial charge in [-0.15, -0.1) is 10.2 Å². The molecule has 2 aliphatic rings. The molecule has 4 aromatic heterocycles. The van der Waals surface area contributed by atoms with Gasteiger partial charge >= 0.3 is 6.01 Å². The number of tetrazole rings is 1. The topological polar surface area (TPSA) is 149 Å². The van der Waals surface area contributed by atoms with Gasteiger partial charge in [0.1, 0.15) is 23.0 Å². The first kappa shape index (κ1) is 20.9. The average molecular weight is 488 g/mol. The lowest BCUT2D eigenvalue weighted by molar-refractivity contribution is 0.442. The fourth-order valence-corrected chi connectivity index (χ4v) is 5.14. The molecular weight excluding hydrogens is 465 g/mol. The summed E-state index contributed by atoms with van der Waals surface area (Å²) in [6.07, 6.45) is 3.20. The van der Waals surface area contributed by atoms with Crippen molar-refractivity contribution in [3.8, 4) is 23.1 Å². The number of aromatic nitrogens is 8. The number of ether oxygens (including phenoxy) is 1. The Labute approximate surface area is 203 Å². The van der Waals surface area contributed by atoms with Crippen LogP contribution in [0.2, 0.25) is 0 Å². The lowest BCUT2D eigenvalue weighted by Crippen LogP contribution is -2.29. The highest BCUT2D eigenvalue weighted by Gasteiger charge is 2.54. The van der Waals surface area contributed by atoms with Gasteiger partial charge in [-0.1, -0.05) is 0 Å². The van der Waals surface area contributed by atoms with E-state index in [0.29, 0.717) is 51.5 Å². The van der Waals surface area contributed by atoms with E-state index in [0.717, 1.165) is 24.0 Å². The summed E-state index contributed by atoms with van der Waals surface area (Å²) in [6, 6.07) is 5.08. The number of hydrogen-bond donors (Lipinski definition) is 3. The van der Waals surface area contributed by atoms with Gasteiger partial charge in [0.2, 0.25) is 5.82 Å². The maximum Gasteiger partial charge on any atom is 0.326 e. The van der Waals surface area contributed by atoms with Gasteiger partial charge in [-0.05, 0) is 35.2 Å². The Morgan fingerprint density at radius 3 is 2.75 bits per heavy atom. The fourth-order valence-electron chi connectivity index (χ4n) is 5.14. The number of nitrogens with two attached hydrogens (primary N) is 1. The van der Waals surface area contributed by atoms with Crippen LogP contribution in [-0.2, 0) is 7.05 Å². The highest BCUT2D eigenvalue weighted by atomic mass is 19.1. The second-order valence-corrected chi connectivity index (χ2v) is 9.23. The third-order valence-electron chi connectivity index (χ3n) is 7.00. The molecule has 12 nitrogen and oxygen atoms in total. The van der Waals surface area contributed by atoms with Crippen LogP contribution in [0.5, 0.6) is 11.8 Å². The highest BCUT2D eigenvalue weighted by Crippen LogP contribution is 2.47. The molecule has 0 amide bonds. The highest BCUT2D eigenvalue weighted by molar-refractivity contribution is 6.14. The Bertz CT molecular complexity index is 1630. The molecule has 1 saturated heterocycles. The predicted molar refractivity (Wildman–Crippen MR) is 130 cm³/mol. The molecule has 0 radical (unpaired) electrons. The molecule has 13 heteroatoms. The van der Waals surface area contributed by atoms with E-state index >= 15 is 0 Å². The summed E-state index contributed by atoms with van der Waals surface area (Å²) in [6.45, 7) is 1.57. The number of hydrogen-bond acceptors (Lipinski definition) is 10. The lowest BCUT2D eigenvalue weighted by Gasteiger charge is -2.21. The van der Waals surface area contributed by atoms with Crippen LogP contribution in [0, 0.1) is 17.7 Å². The van der Waals surface area contributed by atoms with Crippen LogP contribution in [-0.4, -0.2) is 66.3 Å². The first-order chi connectivity index (χ1) is 17.5. The molecule has 1 saturated carbocycles. The summed E-state index contributed by atoms with van der Waals surface area (Å²) >= 11 is 0. The SMILES string of the molecule is CNc1cc(F)cc2c1[nH]c1nc(Oc3cncc(-c4nnn(C)n4)c3)nc(N3CC4C(N)C4C3)c12. The van der Waals surface area contributed by atoms with Crippen molar-refractivity contribution < 1.29 is 9.13 Å². The van der Waals surface area contributed by atoms with Crippen LogP contribution < -0.4 is 20.7 Å². The van der Waals surface area contributed by atoms with E-state index in [-0.39, 0.29) is 17.9 Å². The number of pyridine rings is 1. The maximum absolute atomic E-state index is 14.5. The summed E-state index contributed by atoms with van der Waals surface area (Å²) in [5, 5.41) is 16.6. The zero-order valence-corrected chi connectivity index (χ0v) is 19.5. The first-order valence-electron chi connectivity index (χ1n) is 11.6. The second-order valence-electron chi connectivity index (χ2n) is 9.23. The van der Waals surface area contributed by atoms with E-state index < -0.39 is 0 Å². The third-order valence-corrected chi connectivity index (χ3v) is 7.00. The molecule has 0 bridgehead atoms. The molecule has 5 aromatic rings. The van der Waals surface area contributed by atoms with Gasteiger partial charge in [0, 0.05) is 43.3 Å². The standard InChI is InChI=1S/C23H22FN11O/c1-26-16-5-11(24)4-13-17-21(28-19(13)16)29-23(30-22(17)35-8-14-15(9-35)18(14)25)36-12-3-10(6-27-7-12)20-31-33-34(2)32-20/h3-7,14-15,18,26H,8-9,25H2,1-2H3,(H,28,29,30). The van der Waals surface area contributed by atoms with Crippen molar-refractivity contribution in [3.05, 3.63) is 36.4 Å². The van der Waals surface area contributed by atoms with Crippen molar-refractivity contribution in [1.82, 2.24) is 40.1 Å². The molecule has 1 aliphatic carbocycles. The van der Waals surface area contributed by atoms with Crippen molar-refractivity contribution in [2.75, 3.05) is 30.4 Å². The molecule has 0 spiro atoms. The van der Waals surface area contributed by atoms with Crippen molar-refractivity contribution in [2.45, 2.75) is 6.04 Å². The number of aromatic amines is 1. The van der Waals surface area contributed by atoms with E-state index in [4.69, 9.17) is 15.5 Å². The van der Waals surface area contributed by atoms with Gasteiger partial charge in [0.15, 0.2) is 0 Å².